The molecule has 2 nitrogen and oxygen atoms in total. The van der Waals surface area contributed by atoms with Crippen LogP contribution in [-0.4, -0.2) is 37.6 Å². The minimum atomic E-state index is 1.12. The molecule has 1 saturated heterocycles. The predicted molar refractivity (Wildman–Crippen MR) is 71.9 cm³/mol. The summed E-state index contributed by atoms with van der Waals surface area (Å²) in [4.78, 5) is 2.68. The minimum Gasteiger partial charge on any atom is -0.317 e. The van der Waals surface area contributed by atoms with Crippen LogP contribution in [0.1, 0.15) is 58.3 Å². The quantitative estimate of drug-likeness (QED) is 0.640. The maximum absolute atomic E-state index is 3.39. The van der Waals surface area contributed by atoms with E-state index in [-0.39, 0.29) is 0 Å². The molecule has 1 aliphatic heterocycles. The molecule has 0 aromatic carbocycles. The maximum atomic E-state index is 3.39. The number of likely N-dealkylation sites (tertiary alicyclic amines) is 1. The van der Waals surface area contributed by atoms with Crippen molar-refractivity contribution in [3.63, 3.8) is 0 Å². The van der Waals surface area contributed by atoms with Crippen LogP contribution in [0.4, 0.5) is 0 Å². The molecule has 1 N–H and O–H groups in total. The standard InChI is InChI=1S/C14H30N2/c1-2-15-11-7-3-4-8-12-16-13-9-5-6-10-14-16/h15H,2-14H2,1H3. The molecule has 1 heterocycles. The Morgan fingerprint density at radius 2 is 1.56 bits per heavy atom. The lowest BCUT2D eigenvalue weighted by molar-refractivity contribution is 0.277. The van der Waals surface area contributed by atoms with E-state index in [1.807, 2.05) is 0 Å². The van der Waals surface area contributed by atoms with Crippen molar-refractivity contribution < 1.29 is 0 Å². The van der Waals surface area contributed by atoms with Gasteiger partial charge in [-0.15, -0.1) is 0 Å². The van der Waals surface area contributed by atoms with Crippen LogP contribution in [-0.2, 0) is 0 Å². The molecule has 0 amide bonds. The van der Waals surface area contributed by atoms with Crippen LogP contribution in [0.2, 0.25) is 0 Å². The van der Waals surface area contributed by atoms with E-state index in [0.717, 1.165) is 6.54 Å². The van der Waals surface area contributed by atoms with Crippen molar-refractivity contribution in [2.24, 2.45) is 0 Å². The topological polar surface area (TPSA) is 15.3 Å². The average Bonchev–Trinajstić information content (AvgIpc) is 2.56. The third-order valence-corrected chi connectivity index (χ3v) is 3.53. The fraction of sp³-hybridized carbons (Fsp3) is 1.00. The summed E-state index contributed by atoms with van der Waals surface area (Å²) >= 11 is 0. The highest BCUT2D eigenvalue weighted by atomic mass is 15.1. The van der Waals surface area contributed by atoms with Crippen molar-refractivity contribution in [1.82, 2.24) is 10.2 Å². The lowest BCUT2D eigenvalue weighted by Gasteiger charge is -2.19. The van der Waals surface area contributed by atoms with Gasteiger partial charge in [0.2, 0.25) is 0 Å². The van der Waals surface area contributed by atoms with Gasteiger partial charge in [-0.05, 0) is 58.4 Å². The zero-order valence-corrected chi connectivity index (χ0v) is 11.1. The molecule has 1 aliphatic rings. The minimum absolute atomic E-state index is 1.12. The molecule has 0 aromatic rings. The van der Waals surface area contributed by atoms with Gasteiger partial charge in [0.1, 0.15) is 0 Å². The van der Waals surface area contributed by atoms with Gasteiger partial charge >= 0.3 is 0 Å². The van der Waals surface area contributed by atoms with Gasteiger partial charge in [-0.1, -0.05) is 32.6 Å². The van der Waals surface area contributed by atoms with Crippen molar-refractivity contribution in [3.05, 3.63) is 0 Å². The lowest BCUT2D eigenvalue weighted by atomic mass is 10.2. The molecule has 0 aromatic heterocycles. The normalized spacial score (nSPS) is 18.6. The van der Waals surface area contributed by atoms with Crippen molar-refractivity contribution >= 4 is 0 Å². The predicted octanol–water partition coefficient (Wildman–Crippen LogP) is 3.03. The van der Waals surface area contributed by atoms with Crippen LogP contribution in [0, 0.1) is 0 Å². The van der Waals surface area contributed by atoms with E-state index in [9.17, 15) is 0 Å². The number of hydrogen-bond donors (Lipinski definition) is 1. The molecule has 2 heteroatoms. The second kappa shape index (κ2) is 10.1. The summed E-state index contributed by atoms with van der Waals surface area (Å²) in [5, 5.41) is 3.39. The number of unbranched alkanes of at least 4 members (excludes halogenated alkanes) is 3. The first-order valence-corrected chi connectivity index (χ1v) is 7.36. The molecular weight excluding hydrogens is 196 g/mol. The summed E-state index contributed by atoms with van der Waals surface area (Å²) in [7, 11) is 0. The summed E-state index contributed by atoms with van der Waals surface area (Å²) < 4.78 is 0. The Morgan fingerprint density at radius 3 is 2.25 bits per heavy atom. The van der Waals surface area contributed by atoms with E-state index in [4.69, 9.17) is 0 Å². The van der Waals surface area contributed by atoms with E-state index < -0.39 is 0 Å². The molecule has 1 rings (SSSR count). The maximum Gasteiger partial charge on any atom is -0.00187 e. The Balaban J connectivity index is 1.86. The Kier molecular flexibility index (Phi) is 8.83. The third-order valence-electron chi connectivity index (χ3n) is 3.53. The monoisotopic (exact) mass is 226 g/mol. The highest BCUT2D eigenvalue weighted by molar-refractivity contribution is 4.63. The van der Waals surface area contributed by atoms with Gasteiger partial charge in [-0.2, -0.15) is 0 Å². The second-order valence-corrected chi connectivity index (χ2v) is 5.02. The van der Waals surface area contributed by atoms with Gasteiger partial charge < -0.3 is 10.2 Å². The van der Waals surface area contributed by atoms with E-state index in [1.54, 1.807) is 0 Å². The molecule has 1 fully saturated rings. The summed E-state index contributed by atoms with van der Waals surface area (Å²) in [6.45, 7) is 8.57. The Morgan fingerprint density at radius 1 is 0.875 bits per heavy atom. The first-order valence-electron chi connectivity index (χ1n) is 7.36. The van der Waals surface area contributed by atoms with Crippen molar-refractivity contribution in [1.29, 1.82) is 0 Å². The van der Waals surface area contributed by atoms with Crippen LogP contribution >= 0.6 is 0 Å². The first-order chi connectivity index (χ1) is 7.93. The molecule has 0 spiro atoms. The molecule has 96 valence electrons. The van der Waals surface area contributed by atoms with Crippen LogP contribution in [0.3, 0.4) is 0 Å². The summed E-state index contributed by atoms with van der Waals surface area (Å²) in [5.74, 6) is 0. The van der Waals surface area contributed by atoms with Crippen LogP contribution in [0.15, 0.2) is 0 Å². The highest BCUT2D eigenvalue weighted by Crippen LogP contribution is 2.10. The summed E-state index contributed by atoms with van der Waals surface area (Å²) in [5.41, 5.74) is 0. The van der Waals surface area contributed by atoms with Crippen LogP contribution < -0.4 is 5.32 Å². The number of nitrogens with one attached hydrogen (secondary N) is 1. The number of rotatable bonds is 8. The molecule has 16 heavy (non-hydrogen) atoms. The Bertz CT molecular complexity index is 140. The Labute approximate surface area is 102 Å². The first kappa shape index (κ1) is 14.0. The van der Waals surface area contributed by atoms with Gasteiger partial charge in [0.25, 0.3) is 0 Å². The summed E-state index contributed by atoms with van der Waals surface area (Å²) in [6.07, 6.45) is 11.4. The van der Waals surface area contributed by atoms with Gasteiger partial charge in [0.05, 0.1) is 0 Å². The van der Waals surface area contributed by atoms with E-state index in [0.29, 0.717) is 0 Å². The lowest BCUT2D eigenvalue weighted by Crippen LogP contribution is -2.25. The molecule has 0 atom stereocenters. The second-order valence-electron chi connectivity index (χ2n) is 5.02. The van der Waals surface area contributed by atoms with Crippen molar-refractivity contribution in [2.75, 3.05) is 32.7 Å². The zero-order chi connectivity index (χ0) is 11.5. The number of hydrogen-bond acceptors (Lipinski definition) is 2. The SMILES string of the molecule is CCNCCCCCCN1CCCCCC1. The fourth-order valence-corrected chi connectivity index (χ4v) is 2.48. The fourth-order valence-electron chi connectivity index (χ4n) is 2.48. The molecule has 0 saturated carbocycles. The van der Waals surface area contributed by atoms with E-state index in [2.05, 4.69) is 17.1 Å². The molecule has 0 radical (unpaired) electrons. The van der Waals surface area contributed by atoms with Crippen molar-refractivity contribution in [3.8, 4) is 0 Å². The molecular formula is C14H30N2. The average molecular weight is 226 g/mol. The molecule has 0 bridgehead atoms. The van der Waals surface area contributed by atoms with Crippen LogP contribution in [0.5, 0.6) is 0 Å². The smallest absolute Gasteiger partial charge is 0.00187 e. The Hall–Kier alpha value is -0.0800. The van der Waals surface area contributed by atoms with Crippen molar-refractivity contribution in [2.45, 2.75) is 58.3 Å². The van der Waals surface area contributed by atoms with Gasteiger partial charge in [0, 0.05) is 0 Å². The van der Waals surface area contributed by atoms with Crippen LogP contribution in [0.25, 0.3) is 0 Å². The zero-order valence-electron chi connectivity index (χ0n) is 11.1. The van der Waals surface area contributed by atoms with Gasteiger partial charge in [0.15, 0.2) is 0 Å². The third kappa shape index (κ3) is 7.24. The van der Waals surface area contributed by atoms with Gasteiger partial charge in [-0.25, -0.2) is 0 Å². The van der Waals surface area contributed by atoms with E-state index in [1.165, 1.54) is 77.5 Å². The largest absolute Gasteiger partial charge is 0.317 e. The highest BCUT2D eigenvalue weighted by Gasteiger charge is 2.07. The summed E-state index contributed by atoms with van der Waals surface area (Å²) in [6, 6.07) is 0. The molecule has 0 unspecified atom stereocenters. The van der Waals surface area contributed by atoms with E-state index >= 15 is 0 Å². The molecule has 0 aliphatic carbocycles. The van der Waals surface area contributed by atoms with Gasteiger partial charge in [-0.3, -0.25) is 0 Å². The number of nitrogens with zero attached hydrogens (tertiary/aromatic N) is 1.